The van der Waals surface area contributed by atoms with Crippen molar-refractivity contribution in [3.63, 3.8) is 0 Å². The number of anilines is 1. The summed E-state index contributed by atoms with van der Waals surface area (Å²) in [5.41, 5.74) is 8.84. The zero-order valence-corrected chi connectivity index (χ0v) is 11.4. The molecule has 3 nitrogen and oxygen atoms in total. The molecule has 0 saturated carbocycles. The van der Waals surface area contributed by atoms with E-state index in [-0.39, 0.29) is 18.3 Å². The van der Waals surface area contributed by atoms with Crippen LogP contribution in [0, 0.1) is 6.92 Å². The van der Waals surface area contributed by atoms with Gasteiger partial charge in [-0.1, -0.05) is 32.0 Å². The molecule has 0 radical (unpaired) electrons. The monoisotopic (exact) mass is 256 g/mol. The van der Waals surface area contributed by atoms with E-state index in [4.69, 9.17) is 5.73 Å². The summed E-state index contributed by atoms with van der Waals surface area (Å²) < 4.78 is 0. The Bertz CT molecular complexity index is 380. The Balaban J connectivity index is 0.00000256. The van der Waals surface area contributed by atoms with E-state index in [0.717, 1.165) is 23.2 Å². The summed E-state index contributed by atoms with van der Waals surface area (Å²) in [5, 5.41) is 2.92. The van der Waals surface area contributed by atoms with E-state index in [0.29, 0.717) is 6.42 Å². The van der Waals surface area contributed by atoms with E-state index in [2.05, 4.69) is 12.2 Å². The zero-order valence-electron chi connectivity index (χ0n) is 10.6. The van der Waals surface area contributed by atoms with Gasteiger partial charge in [-0.05, 0) is 30.9 Å². The molecule has 4 heteroatoms. The van der Waals surface area contributed by atoms with Crippen LogP contribution < -0.4 is 11.1 Å². The lowest BCUT2D eigenvalue weighted by atomic mass is 10.1. The SMILES string of the molecule is CCc1cccc(C)c1NC(=O)[C@@H](N)CC.Cl. The van der Waals surface area contributed by atoms with Gasteiger partial charge in [0.2, 0.25) is 5.91 Å². The maximum absolute atomic E-state index is 11.7. The summed E-state index contributed by atoms with van der Waals surface area (Å²) in [6.07, 6.45) is 1.55. The highest BCUT2D eigenvalue weighted by Gasteiger charge is 2.13. The van der Waals surface area contributed by atoms with Crippen molar-refractivity contribution in [3.05, 3.63) is 29.3 Å². The minimum absolute atomic E-state index is 0. The van der Waals surface area contributed by atoms with Gasteiger partial charge in [0, 0.05) is 5.69 Å². The van der Waals surface area contributed by atoms with Gasteiger partial charge in [0.15, 0.2) is 0 Å². The fourth-order valence-corrected chi connectivity index (χ4v) is 1.60. The minimum Gasteiger partial charge on any atom is -0.324 e. The van der Waals surface area contributed by atoms with Gasteiger partial charge in [0.1, 0.15) is 0 Å². The minimum atomic E-state index is -0.427. The molecular weight excluding hydrogens is 236 g/mol. The van der Waals surface area contributed by atoms with Gasteiger partial charge < -0.3 is 11.1 Å². The molecule has 0 aromatic heterocycles. The number of aryl methyl sites for hydroxylation is 2. The van der Waals surface area contributed by atoms with Crippen molar-refractivity contribution in [2.45, 2.75) is 39.7 Å². The van der Waals surface area contributed by atoms with Crippen LogP contribution in [-0.4, -0.2) is 11.9 Å². The van der Waals surface area contributed by atoms with Crippen LogP contribution in [0.1, 0.15) is 31.4 Å². The van der Waals surface area contributed by atoms with Crippen molar-refractivity contribution in [3.8, 4) is 0 Å². The Labute approximate surface area is 109 Å². The van der Waals surface area contributed by atoms with Crippen LogP contribution in [0.4, 0.5) is 5.69 Å². The fourth-order valence-electron chi connectivity index (χ4n) is 1.60. The van der Waals surface area contributed by atoms with Gasteiger partial charge in [-0.2, -0.15) is 0 Å². The summed E-state index contributed by atoms with van der Waals surface area (Å²) in [6.45, 7) is 5.97. The second kappa shape index (κ2) is 7.30. The molecule has 3 N–H and O–H groups in total. The lowest BCUT2D eigenvalue weighted by Gasteiger charge is -2.15. The number of amides is 1. The first-order valence-electron chi connectivity index (χ1n) is 5.75. The van der Waals surface area contributed by atoms with E-state index < -0.39 is 6.04 Å². The molecule has 1 amide bonds. The summed E-state index contributed by atoms with van der Waals surface area (Å²) in [6, 6.07) is 5.60. The molecule has 1 aromatic carbocycles. The van der Waals surface area contributed by atoms with Crippen molar-refractivity contribution in [2.75, 3.05) is 5.32 Å². The van der Waals surface area contributed by atoms with Gasteiger partial charge in [-0.25, -0.2) is 0 Å². The number of nitrogens with two attached hydrogens (primary N) is 1. The average molecular weight is 257 g/mol. The van der Waals surface area contributed by atoms with Crippen molar-refractivity contribution >= 4 is 24.0 Å². The highest BCUT2D eigenvalue weighted by atomic mass is 35.5. The second-order valence-electron chi connectivity index (χ2n) is 3.97. The number of para-hydroxylation sites is 1. The Morgan fingerprint density at radius 1 is 1.41 bits per heavy atom. The number of carbonyl (C=O) groups excluding carboxylic acids is 1. The van der Waals surface area contributed by atoms with Crippen molar-refractivity contribution in [2.24, 2.45) is 5.73 Å². The summed E-state index contributed by atoms with van der Waals surface area (Å²) in [4.78, 5) is 11.7. The van der Waals surface area contributed by atoms with Crippen LogP contribution in [0.25, 0.3) is 0 Å². The Kier molecular flexibility index (Phi) is 6.85. The molecule has 0 spiro atoms. The molecule has 0 fully saturated rings. The third-order valence-electron chi connectivity index (χ3n) is 2.76. The molecule has 96 valence electrons. The molecule has 0 aliphatic rings. The maximum atomic E-state index is 11.7. The molecule has 17 heavy (non-hydrogen) atoms. The number of hydrogen-bond acceptors (Lipinski definition) is 2. The van der Waals surface area contributed by atoms with Crippen LogP contribution in [0.15, 0.2) is 18.2 Å². The quantitative estimate of drug-likeness (QED) is 0.870. The van der Waals surface area contributed by atoms with Gasteiger partial charge in [0.25, 0.3) is 0 Å². The standard InChI is InChI=1S/C13H20N2O.ClH/c1-4-10-8-6-7-9(3)12(10)15-13(16)11(14)5-2;/h6-8,11H,4-5,14H2,1-3H3,(H,15,16);1H/t11-;/m0./s1. The number of benzene rings is 1. The predicted octanol–water partition coefficient (Wildman–Crippen LogP) is 2.66. The van der Waals surface area contributed by atoms with Crippen LogP contribution in [0.2, 0.25) is 0 Å². The number of carbonyl (C=O) groups is 1. The molecule has 1 rings (SSSR count). The molecule has 0 unspecified atom stereocenters. The molecule has 0 aliphatic carbocycles. The van der Waals surface area contributed by atoms with Crippen LogP contribution in [-0.2, 0) is 11.2 Å². The molecular formula is C13H21ClN2O. The van der Waals surface area contributed by atoms with Crippen molar-refractivity contribution < 1.29 is 4.79 Å². The zero-order chi connectivity index (χ0) is 12.1. The van der Waals surface area contributed by atoms with E-state index in [9.17, 15) is 4.79 Å². The Morgan fingerprint density at radius 2 is 2.06 bits per heavy atom. The van der Waals surface area contributed by atoms with Gasteiger partial charge in [0.05, 0.1) is 6.04 Å². The maximum Gasteiger partial charge on any atom is 0.241 e. The third kappa shape index (κ3) is 4.02. The molecule has 0 saturated heterocycles. The lowest BCUT2D eigenvalue weighted by Crippen LogP contribution is -2.35. The first-order valence-corrected chi connectivity index (χ1v) is 5.75. The number of nitrogens with one attached hydrogen (secondary N) is 1. The second-order valence-corrected chi connectivity index (χ2v) is 3.97. The molecule has 1 aromatic rings. The molecule has 0 heterocycles. The van der Waals surface area contributed by atoms with Gasteiger partial charge >= 0.3 is 0 Å². The topological polar surface area (TPSA) is 55.1 Å². The number of hydrogen-bond donors (Lipinski definition) is 2. The number of halogens is 1. The molecule has 0 bridgehead atoms. The van der Waals surface area contributed by atoms with E-state index in [1.165, 1.54) is 0 Å². The van der Waals surface area contributed by atoms with Crippen LogP contribution in [0.5, 0.6) is 0 Å². The summed E-state index contributed by atoms with van der Waals surface area (Å²) in [5.74, 6) is -0.105. The van der Waals surface area contributed by atoms with E-state index in [1.54, 1.807) is 0 Å². The Hall–Kier alpha value is -1.06. The average Bonchev–Trinajstić information content (AvgIpc) is 2.30. The number of rotatable bonds is 4. The smallest absolute Gasteiger partial charge is 0.241 e. The van der Waals surface area contributed by atoms with Crippen molar-refractivity contribution in [1.82, 2.24) is 0 Å². The third-order valence-corrected chi connectivity index (χ3v) is 2.76. The summed E-state index contributed by atoms with van der Waals surface area (Å²) in [7, 11) is 0. The normalized spacial score (nSPS) is 11.5. The molecule has 0 aliphatic heterocycles. The van der Waals surface area contributed by atoms with Crippen LogP contribution in [0.3, 0.4) is 0 Å². The predicted molar refractivity (Wildman–Crippen MR) is 74.7 cm³/mol. The Morgan fingerprint density at radius 3 is 2.59 bits per heavy atom. The largest absolute Gasteiger partial charge is 0.324 e. The molecule has 1 atom stereocenters. The first-order chi connectivity index (χ1) is 7.60. The van der Waals surface area contributed by atoms with Crippen LogP contribution >= 0.6 is 12.4 Å². The van der Waals surface area contributed by atoms with E-state index in [1.807, 2.05) is 32.0 Å². The van der Waals surface area contributed by atoms with Gasteiger partial charge in [-0.15, -0.1) is 12.4 Å². The highest BCUT2D eigenvalue weighted by Crippen LogP contribution is 2.21. The first kappa shape index (κ1) is 15.9. The van der Waals surface area contributed by atoms with Crippen molar-refractivity contribution in [1.29, 1.82) is 0 Å². The fraction of sp³-hybridized carbons (Fsp3) is 0.462. The highest BCUT2D eigenvalue weighted by molar-refractivity contribution is 5.96. The lowest BCUT2D eigenvalue weighted by molar-refractivity contribution is -0.117. The summed E-state index contributed by atoms with van der Waals surface area (Å²) >= 11 is 0. The van der Waals surface area contributed by atoms with Gasteiger partial charge in [-0.3, -0.25) is 4.79 Å². The van der Waals surface area contributed by atoms with E-state index >= 15 is 0 Å².